The molecule has 12 heavy (non-hydrogen) atoms. The second-order valence-electron chi connectivity index (χ2n) is 3.29. The van der Waals surface area contributed by atoms with Gasteiger partial charge in [0.2, 0.25) is 0 Å². The number of hydrogen-bond donors (Lipinski definition) is 2. The van der Waals surface area contributed by atoms with Gasteiger partial charge in [0, 0.05) is 6.04 Å². The highest BCUT2D eigenvalue weighted by Gasteiger charge is 2.23. The molecule has 3 N–H and O–H groups in total. The summed E-state index contributed by atoms with van der Waals surface area (Å²) in [6.45, 7) is 4.36. The lowest BCUT2D eigenvalue weighted by Gasteiger charge is -2.29. The van der Waals surface area contributed by atoms with Crippen molar-refractivity contribution in [3.63, 3.8) is 0 Å². The summed E-state index contributed by atoms with van der Waals surface area (Å²) < 4.78 is 5.38. The van der Waals surface area contributed by atoms with Gasteiger partial charge in [-0.3, -0.25) is 0 Å². The van der Waals surface area contributed by atoms with E-state index in [2.05, 4.69) is 6.58 Å². The van der Waals surface area contributed by atoms with Crippen molar-refractivity contribution in [3.8, 4) is 0 Å². The number of rotatable bonds is 3. The van der Waals surface area contributed by atoms with Crippen LogP contribution in [0.3, 0.4) is 0 Å². The van der Waals surface area contributed by atoms with Gasteiger partial charge in [-0.25, -0.2) is 0 Å². The number of aliphatic hydroxyl groups excluding tert-OH is 1. The van der Waals surface area contributed by atoms with Crippen molar-refractivity contribution in [2.24, 2.45) is 5.73 Å². The molecule has 0 spiro atoms. The zero-order valence-corrected chi connectivity index (χ0v) is 7.33. The Labute approximate surface area is 73.2 Å². The average Bonchev–Trinajstić information content (AvgIpc) is 2.03. The van der Waals surface area contributed by atoms with E-state index in [1.165, 1.54) is 5.57 Å². The van der Waals surface area contributed by atoms with E-state index >= 15 is 0 Å². The summed E-state index contributed by atoms with van der Waals surface area (Å²) in [6.07, 6.45) is 2.92. The molecule has 70 valence electrons. The largest absolute Gasteiger partial charge is 0.394 e. The average molecular weight is 171 g/mol. The van der Waals surface area contributed by atoms with E-state index in [0.717, 1.165) is 19.3 Å². The predicted molar refractivity (Wildman–Crippen MR) is 47.8 cm³/mol. The van der Waals surface area contributed by atoms with Gasteiger partial charge in [-0.15, -0.1) is 0 Å². The van der Waals surface area contributed by atoms with Gasteiger partial charge in [-0.05, 0) is 19.3 Å². The summed E-state index contributed by atoms with van der Waals surface area (Å²) in [5.74, 6) is 0. The fourth-order valence-corrected chi connectivity index (χ4v) is 1.54. The predicted octanol–water partition coefficient (Wildman–Crippen LogP) is 0.431. The third-order valence-corrected chi connectivity index (χ3v) is 2.21. The van der Waals surface area contributed by atoms with Crippen LogP contribution in [0.4, 0.5) is 0 Å². The summed E-state index contributed by atoms with van der Waals surface area (Å²) in [6, 6.07) is 0.0674. The van der Waals surface area contributed by atoms with Crippen LogP contribution in [0, 0.1) is 0 Å². The van der Waals surface area contributed by atoms with Gasteiger partial charge in [-0.2, -0.15) is 0 Å². The smallest absolute Gasteiger partial charge is 0.0733 e. The molecule has 0 bridgehead atoms. The van der Waals surface area contributed by atoms with E-state index < -0.39 is 0 Å². The van der Waals surface area contributed by atoms with Crippen LogP contribution in [0.1, 0.15) is 19.3 Å². The molecule has 0 aromatic rings. The first-order valence-electron chi connectivity index (χ1n) is 4.38. The van der Waals surface area contributed by atoms with Gasteiger partial charge in [0.05, 0.1) is 19.3 Å². The summed E-state index contributed by atoms with van der Waals surface area (Å²) in [4.78, 5) is 0. The van der Waals surface area contributed by atoms with Crippen molar-refractivity contribution >= 4 is 0 Å². The maximum absolute atomic E-state index is 8.55. The van der Waals surface area contributed by atoms with Gasteiger partial charge in [-0.1, -0.05) is 12.2 Å². The van der Waals surface area contributed by atoms with Crippen molar-refractivity contribution in [1.82, 2.24) is 0 Å². The zero-order valence-electron chi connectivity index (χ0n) is 7.33. The molecule has 0 saturated heterocycles. The van der Waals surface area contributed by atoms with Crippen LogP contribution in [-0.4, -0.2) is 30.5 Å². The second-order valence-corrected chi connectivity index (χ2v) is 3.29. The summed E-state index contributed by atoms with van der Waals surface area (Å²) in [7, 11) is 0. The molecule has 0 amide bonds. The highest BCUT2D eigenvalue weighted by molar-refractivity contribution is 5.03. The Morgan fingerprint density at radius 2 is 2.42 bits per heavy atom. The van der Waals surface area contributed by atoms with Gasteiger partial charge in [0.1, 0.15) is 0 Å². The molecule has 0 aliphatic heterocycles. The molecule has 1 aliphatic rings. The molecule has 1 rings (SSSR count). The fourth-order valence-electron chi connectivity index (χ4n) is 1.54. The van der Waals surface area contributed by atoms with E-state index in [4.69, 9.17) is 15.6 Å². The summed E-state index contributed by atoms with van der Waals surface area (Å²) in [5, 5.41) is 8.55. The van der Waals surface area contributed by atoms with Crippen LogP contribution in [0.15, 0.2) is 12.2 Å². The second kappa shape index (κ2) is 4.60. The third-order valence-electron chi connectivity index (χ3n) is 2.21. The van der Waals surface area contributed by atoms with E-state index in [1.807, 2.05) is 0 Å². The molecule has 1 fully saturated rings. The molecule has 2 unspecified atom stereocenters. The Kier molecular flexibility index (Phi) is 3.72. The highest BCUT2D eigenvalue weighted by atomic mass is 16.5. The van der Waals surface area contributed by atoms with Crippen LogP contribution < -0.4 is 5.73 Å². The van der Waals surface area contributed by atoms with Crippen LogP contribution >= 0.6 is 0 Å². The van der Waals surface area contributed by atoms with Gasteiger partial charge in [0.25, 0.3) is 0 Å². The van der Waals surface area contributed by atoms with Crippen molar-refractivity contribution in [2.75, 3.05) is 13.2 Å². The lowest BCUT2D eigenvalue weighted by atomic mass is 9.90. The van der Waals surface area contributed by atoms with Crippen molar-refractivity contribution in [3.05, 3.63) is 12.2 Å². The molecule has 1 saturated carbocycles. The van der Waals surface area contributed by atoms with E-state index in [0.29, 0.717) is 6.61 Å². The molecule has 2 atom stereocenters. The van der Waals surface area contributed by atoms with Crippen molar-refractivity contribution in [2.45, 2.75) is 31.4 Å². The highest BCUT2D eigenvalue weighted by Crippen LogP contribution is 2.23. The zero-order chi connectivity index (χ0) is 8.97. The Balaban J connectivity index is 2.29. The number of hydrogen-bond acceptors (Lipinski definition) is 3. The minimum atomic E-state index is 0.0674. The molecule has 0 aromatic carbocycles. The quantitative estimate of drug-likeness (QED) is 0.605. The van der Waals surface area contributed by atoms with Crippen molar-refractivity contribution < 1.29 is 9.84 Å². The van der Waals surface area contributed by atoms with Crippen LogP contribution in [0.25, 0.3) is 0 Å². The lowest BCUT2D eigenvalue weighted by Crippen LogP contribution is -2.40. The van der Waals surface area contributed by atoms with Gasteiger partial charge < -0.3 is 15.6 Å². The van der Waals surface area contributed by atoms with Crippen LogP contribution in [0.2, 0.25) is 0 Å². The summed E-state index contributed by atoms with van der Waals surface area (Å²) >= 11 is 0. The minimum Gasteiger partial charge on any atom is -0.394 e. The number of nitrogens with two attached hydrogens (primary N) is 1. The summed E-state index contributed by atoms with van der Waals surface area (Å²) in [5.41, 5.74) is 7.06. The first-order chi connectivity index (χ1) is 5.74. The van der Waals surface area contributed by atoms with E-state index in [9.17, 15) is 0 Å². The molecule has 0 heterocycles. The topological polar surface area (TPSA) is 55.5 Å². The van der Waals surface area contributed by atoms with E-state index in [-0.39, 0.29) is 18.8 Å². The van der Waals surface area contributed by atoms with E-state index in [1.54, 1.807) is 0 Å². The first kappa shape index (κ1) is 9.71. The van der Waals surface area contributed by atoms with Gasteiger partial charge in [0.15, 0.2) is 0 Å². The fraction of sp³-hybridized carbons (Fsp3) is 0.778. The maximum atomic E-state index is 8.55. The van der Waals surface area contributed by atoms with Crippen LogP contribution in [0.5, 0.6) is 0 Å². The number of aliphatic hydroxyl groups is 1. The first-order valence-corrected chi connectivity index (χ1v) is 4.38. The standard InChI is InChI=1S/C9H17NO2/c1-7-2-3-9(8(10)6-7)12-5-4-11/h8-9,11H,1-6,10H2. The molecular formula is C9H17NO2. The minimum absolute atomic E-state index is 0.0674. The molecule has 3 heteroatoms. The molecule has 0 radical (unpaired) electrons. The molecule has 1 aliphatic carbocycles. The Morgan fingerprint density at radius 3 is 3.00 bits per heavy atom. The van der Waals surface area contributed by atoms with Crippen LogP contribution in [-0.2, 0) is 4.74 Å². The monoisotopic (exact) mass is 171 g/mol. The Bertz CT molecular complexity index is 159. The number of ether oxygens (including phenoxy) is 1. The molecule has 3 nitrogen and oxygen atoms in total. The SMILES string of the molecule is C=C1CCC(OCCO)C(N)C1. The Hall–Kier alpha value is -0.380. The Morgan fingerprint density at radius 1 is 1.67 bits per heavy atom. The molecule has 0 aromatic heterocycles. The third kappa shape index (κ3) is 2.59. The normalized spacial score (nSPS) is 30.7. The lowest BCUT2D eigenvalue weighted by molar-refractivity contribution is 0.00409. The van der Waals surface area contributed by atoms with Crippen molar-refractivity contribution in [1.29, 1.82) is 0 Å². The van der Waals surface area contributed by atoms with Gasteiger partial charge >= 0.3 is 0 Å². The molecular weight excluding hydrogens is 154 g/mol. The maximum Gasteiger partial charge on any atom is 0.0733 e.